The number of carboxylic acid groups (broad SMARTS) is 1. The van der Waals surface area contributed by atoms with E-state index in [4.69, 9.17) is 5.11 Å². The Hall–Kier alpha value is -2.37. The second kappa shape index (κ2) is 8.17. The normalized spacial score (nSPS) is 11.8. The predicted molar refractivity (Wildman–Crippen MR) is 82.5 cm³/mol. The van der Waals surface area contributed by atoms with Gasteiger partial charge in [-0.25, -0.2) is 0 Å². The van der Waals surface area contributed by atoms with Crippen LogP contribution in [0.15, 0.2) is 24.3 Å². The number of benzene rings is 1. The molecule has 1 unspecified atom stereocenters. The number of carbonyl (C=O) groups excluding carboxylic acids is 2. The van der Waals surface area contributed by atoms with Gasteiger partial charge in [-0.1, -0.05) is 32.0 Å². The Morgan fingerprint density at radius 1 is 1.18 bits per heavy atom. The zero-order valence-electron chi connectivity index (χ0n) is 13.1. The van der Waals surface area contributed by atoms with Crippen molar-refractivity contribution in [1.29, 1.82) is 0 Å². The highest BCUT2D eigenvalue weighted by atomic mass is 16.4. The summed E-state index contributed by atoms with van der Waals surface area (Å²) in [6, 6.07) is 6.42. The number of hydrogen-bond acceptors (Lipinski definition) is 3. The molecule has 6 heteroatoms. The van der Waals surface area contributed by atoms with Gasteiger partial charge in [-0.2, -0.15) is 0 Å². The fraction of sp³-hybridized carbons (Fsp3) is 0.438. The van der Waals surface area contributed by atoms with Gasteiger partial charge in [0.2, 0.25) is 5.91 Å². The van der Waals surface area contributed by atoms with Crippen LogP contribution in [0.3, 0.4) is 0 Å². The van der Waals surface area contributed by atoms with E-state index in [1.807, 2.05) is 32.9 Å². The van der Waals surface area contributed by atoms with Crippen molar-refractivity contribution in [3.63, 3.8) is 0 Å². The van der Waals surface area contributed by atoms with Crippen LogP contribution in [0.1, 0.15) is 36.2 Å². The van der Waals surface area contributed by atoms with Crippen LogP contribution in [0.4, 0.5) is 0 Å². The Balaban J connectivity index is 2.72. The molecule has 0 heterocycles. The maximum atomic E-state index is 12.3. The van der Waals surface area contributed by atoms with Crippen molar-refractivity contribution in [1.82, 2.24) is 10.6 Å². The minimum absolute atomic E-state index is 0.0393. The lowest BCUT2D eigenvalue weighted by molar-refractivity contribution is -0.137. The van der Waals surface area contributed by atoms with Crippen LogP contribution in [0.2, 0.25) is 0 Å². The third kappa shape index (κ3) is 5.20. The Labute approximate surface area is 129 Å². The lowest BCUT2D eigenvalue weighted by atomic mass is 10.0. The van der Waals surface area contributed by atoms with Crippen LogP contribution in [0, 0.1) is 12.8 Å². The van der Waals surface area contributed by atoms with Gasteiger partial charge < -0.3 is 15.7 Å². The summed E-state index contributed by atoms with van der Waals surface area (Å²) in [7, 11) is 0. The number of rotatable bonds is 7. The van der Waals surface area contributed by atoms with E-state index >= 15 is 0 Å². The Morgan fingerprint density at radius 2 is 1.82 bits per heavy atom. The number of aliphatic carboxylic acids is 1. The van der Waals surface area contributed by atoms with Crippen LogP contribution in [-0.2, 0) is 9.59 Å². The summed E-state index contributed by atoms with van der Waals surface area (Å²) in [5.41, 5.74) is 1.35. The first-order valence-corrected chi connectivity index (χ1v) is 7.19. The minimum atomic E-state index is -0.981. The number of hydrogen-bond donors (Lipinski definition) is 3. The highest BCUT2D eigenvalue weighted by Gasteiger charge is 2.24. The summed E-state index contributed by atoms with van der Waals surface area (Å²) in [5, 5.41) is 13.8. The molecule has 1 rings (SSSR count). The highest BCUT2D eigenvalue weighted by Crippen LogP contribution is 2.09. The topological polar surface area (TPSA) is 95.5 Å². The first-order chi connectivity index (χ1) is 10.3. The quantitative estimate of drug-likeness (QED) is 0.708. The van der Waals surface area contributed by atoms with Gasteiger partial charge in [-0.3, -0.25) is 14.4 Å². The van der Waals surface area contributed by atoms with E-state index in [2.05, 4.69) is 10.6 Å². The molecule has 0 saturated carbocycles. The van der Waals surface area contributed by atoms with Crippen molar-refractivity contribution in [3.05, 3.63) is 35.4 Å². The molecule has 0 saturated heterocycles. The standard InChI is InChI=1S/C16H22N2O4/c1-10(2)14(16(22)17-9-8-13(19)20)18-15(21)12-7-5-4-6-11(12)3/h4-7,10,14H,8-9H2,1-3H3,(H,17,22)(H,18,21)(H,19,20). The highest BCUT2D eigenvalue weighted by molar-refractivity contribution is 5.98. The SMILES string of the molecule is Cc1ccccc1C(=O)NC(C(=O)NCCC(=O)O)C(C)C. The lowest BCUT2D eigenvalue weighted by Gasteiger charge is -2.22. The van der Waals surface area contributed by atoms with Gasteiger partial charge in [0.15, 0.2) is 0 Å². The molecule has 22 heavy (non-hydrogen) atoms. The molecule has 0 aliphatic heterocycles. The maximum absolute atomic E-state index is 12.3. The molecule has 0 spiro atoms. The first kappa shape index (κ1) is 17.7. The monoisotopic (exact) mass is 306 g/mol. The molecule has 2 amide bonds. The first-order valence-electron chi connectivity index (χ1n) is 7.19. The minimum Gasteiger partial charge on any atom is -0.481 e. The van der Waals surface area contributed by atoms with Crippen molar-refractivity contribution >= 4 is 17.8 Å². The number of nitrogens with one attached hydrogen (secondary N) is 2. The number of aryl methyl sites for hydroxylation is 1. The van der Waals surface area contributed by atoms with E-state index in [9.17, 15) is 14.4 Å². The van der Waals surface area contributed by atoms with Gasteiger partial charge in [-0.15, -0.1) is 0 Å². The van der Waals surface area contributed by atoms with E-state index in [1.54, 1.807) is 12.1 Å². The van der Waals surface area contributed by atoms with E-state index in [0.29, 0.717) is 5.56 Å². The van der Waals surface area contributed by atoms with Gasteiger partial charge in [0.1, 0.15) is 6.04 Å². The Bertz CT molecular complexity index is 555. The molecular formula is C16H22N2O4. The fourth-order valence-electron chi connectivity index (χ4n) is 1.98. The van der Waals surface area contributed by atoms with E-state index in [-0.39, 0.29) is 30.7 Å². The second-order valence-electron chi connectivity index (χ2n) is 5.44. The Kier molecular flexibility index (Phi) is 6.56. The van der Waals surface area contributed by atoms with Crippen molar-refractivity contribution < 1.29 is 19.5 Å². The average Bonchev–Trinajstić information content (AvgIpc) is 2.44. The molecule has 1 aromatic carbocycles. The lowest BCUT2D eigenvalue weighted by Crippen LogP contribution is -2.50. The molecular weight excluding hydrogens is 284 g/mol. The van der Waals surface area contributed by atoms with E-state index in [1.165, 1.54) is 0 Å². The molecule has 0 aliphatic rings. The van der Waals surface area contributed by atoms with Crippen LogP contribution in [0.25, 0.3) is 0 Å². The van der Waals surface area contributed by atoms with E-state index in [0.717, 1.165) is 5.56 Å². The zero-order valence-corrected chi connectivity index (χ0v) is 13.1. The molecule has 0 aromatic heterocycles. The van der Waals surface area contributed by atoms with Crippen LogP contribution in [0.5, 0.6) is 0 Å². The van der Waals surface area contributed by atoms with Gasteiger partial charge in [-0.05, 0) is 24.5 Å². The molecule has 0 bridgehead atoms. The summed E-state index contributed by atoms with van der Waals surface area (Å²) in [4.78, 5) is 34.8. The summed E-state index contributed by atoms with van der Waals surface area (Å²) >= 11 is 0. The molecule has 6 nitrogen and oxygen atoms in total. The van der Waals surface area contributed by atoms with Crippen LogP contribution < -0.4 is 10.6 Å². The van der Waals surface area contributed by atoms with Gasteiger partial charge in [0.05, 0.1) is 6.42 Å². The summed E-state index contributed by atoms with van der Waals surface area (Å²) in [5.74, 6) is -1.79. The largest absolute Gasteiger partial charge is 0.481 e. The summed E-state index contributed by atoms with van der Waals surface area (Å²) in [6.07, 6.45) is -0.151. The molecule has 3 N–H and O–H groups in total. The zero-order chi connectivity index (χ0) is 16.7. The number of carboxylic acids is 1. The molecule has 0 radical (unpaired) electrons. The van der Waals surface area contributed by atoms with Crippen molar-refractivity contribution in [2.45, 2.75) is 33.2 Å². The molecule has 1 aromatic rings. The molecule has 120 valence electrons. The van der Waals surface area contributed by atoms with Gasteiger partial charge in [0.25, 0.3) is 5.91 Å². The molecule has 1 atom stereocenters. The van der Waals surface area contributed by atoms with Crippen LogP contribution in [-0.4, -0.2) is 35.5 Å². The fourth-order valence-corrected chi connectivity index (χ4v) is 1.98. The smallest absolute Gasteiger partial charge is 0.305 e. The average molecular weight is 306 g/mol. The Morgan fingerprint density at radius 3 is 2.36 bits per heavy atom. The van der Waals surface area contributed by atoms with E-state index < -0.39 is 12.0 Å². The third-order valence-corrected chi connectivity index (χ3v) is 3.26. The van der Waals surface area contributed by atoms with Gasteiger partial charge >= 0.3 is 5.97 Å². The number of carbonyl (C=O) groups is 3. The van der Waals surface area contributed by atoms with Crippen molar-refractivity contribution in [2.24, 2.45) is 5.92 Å². The summed E-state index contributed by atoms with van der Waals surface area (Å²) in [6.45, 7) is 5.50. The predicted octanol–water partition coefficient (Wildman–Crippen LogP) is 1.34. The molecule has 0 fully saturated rings. The van der Waals surface area contributed by atoms with Crippen molar-refractivity contribution in [2.75, 3.05) is 6.54 Å². The maximum Gasteiger partial charge on any atom is 0.305 e. The second-order valence-corrected chi connectivity index (χ2v) is 5.44. The van der Waals surface area contributed by atoms with Crippen LogP contribution >= 0.6 is 0 Å². The number of amides is 2. The summed E-state index contributed by atoms with van der Waals surface area (Å²) < 4.78 is 0. The third-order valence-electron chi connectivity index (χ3n) is 3.26. The van der Waals surface area contributed by atoms with Gasteiger partial charge in [0, 0.05) is 12.1 Å². The van der Waals surface area contributed by atoms with Crippen molar-refractivity contribution in [3.8, 4) is 0 Å². The molecule has 0 aliphatic carbocycles.